The number of nitrogens with one attached hydrogen (secondary N) is 1. The fourth-order valence-electron chi connectivity index (χ4n) is 2.89. The molecule has 1 heterocycles. The van der Waals surface area contributed by atoms with Crippen LogP contribution in [-0.4, -0.2) is 25.8 Å². The van der Waals surface area contributed by atoms with Crippen LogP contribution in [0.25, 0.3) is 0 Å². The summed E-state index contributed by atoms with van der Waals surface area (Å²) in [6.45, 7) is 4.91. The molecule has 0 saturated carbocycles. The summed E-state index contributed by atoms with van der Waals surface area (Å²) in [7, 11) is 0. The van der Waals surface area contributed by atoms with E-state index in [4.69, 9.17) is 27.9 Å². The second-order valence-electron chi connectivity index (χ2n) is 5.45. The highest BCUT2D eigenvalue weighted by atomic mass is 35.5. The Morgan fingerprint density at radius 2 is 1.90 bits per heavy atom. The Bertz CT molecular complexity index is 399. The van der Waals surface area contributed by atoms with Gasteiger partial charge in [-0.05, 0) is 55.8 Å². The maximum Gasteiger partial charge on any atom is 0.0468 e. The molecule has 0 aromatic heterocycles. The topological polar surface area (TPSA) is 21.3 Å². The summed E-state index contributed by atoms with van der Waals surface area (Å²) in [5.74, 6) is 0.745. The normalized spacial score (nSPS) is 18.1. The number of likely N-dealkylation sites (N-methyl/N-ethyl adjacent to an activating group) is 1. The summed E-state index contributed by atoms with van der Waals surface area (Å²) >= 11 is 12.6. The van der Waals surface area contributed by atoms with Crippen LogP contribution in [0.4, 0.5) is 0 Å². The molecule has 112 valence electrons. The van der Waals surface area contributed by atoms with Gasteiger partial charge in [0.25, 0.3) is 0 Å². The highest BCUT2D eigenvalue weighted by Gasteiger charge is 2.20. The first-order valence-corrected chi connectivity index (χ1v) is 8.20. The van der Waals surface area contributed by atoms with Gasteiger partial charge in [0.2, 0.25) is 0 Å². The highest BCUT2D eigenvalue weighted by molar-refractivity contribution is 6.36. The molecule has 1 unspecified atom stereocenters. The molecule has 2 rings (SSSR count). The SMILES string of the molecule is CCNC(Cc1c(Cl)cccc1Cl)CC1CCOCC1. The quantitative estimate of drug-likeness (QED) is 0.843. The van der Waals surface area contributed by atoms with Crippen LogP contribution in [0.5, 0.6) is 0 Å². The predicted molar refractivity (Wildman–Crippen MR) is 85.8 cm³/mol. The zero-order valence-electron chi connectivity index (χ0n) is 12.0. The van der Waals surface area contributed by atoms with Crippen LogP contribution in [0, 0.1) is 5.92 Å². The molecule has 4 heteroatoms. The number of rotatable bonds is 6. The third-order valence-electron chi connectivity index (χ3n) is 3.96. The van der Waals surface area contributed by atoms with Crippen LogP contribution in [0.2, 0.25) is 10.0 Å². The first kappa shape index (κ1) is 16.1. The van der Waals surface area contributed by atoms with Gasteiger partial charge in [0.1, 0.15) is 0 Å². The van der Waals surface area contributed by atoms with Gasteiger partial charge in [-0.2, -0.15) is 0 Å². The predicted octanol–water partition coefficient (Wildman–Crippen LogP) is 4.33. The van der Waals surface area contributed by atoms with Crippen molar-refractivity contribution < 1.29 is 4.74 Å². The van der Waals surface area contributed by atoms with Crippen LogP contribution < -0.4 is 5.32 Å². The van der Waals surface area contributed by atoms with Crippen molar-refractivity contribution in [3.8, 4) is 0 Å². The first-order valence-electron chi connectivity index (χ1n) is 7.44. The van der Waals surface area contributed by atoms with Gasteiger partial charge in [-0.3, -0.25) is 0 Å². The Kier molecular flexibility index (Phi) is 6.63. The van der Waals surface area contributed by atoms with Crippen molar-refractivity contribution in [3.63, 3.8) is 0 Å². The molecule has 20 heavy (non-hydrogen) atoms. The first-order chi connectivity index (χ1) is 9.70. The van der Waals surface area contributed by atoms with Crippen molar-refractivity contribution in [2.45, 2.75) is 38.6 Å². The molecular formula is C16H23Cl2NO. The van der Waals surface area contributed by atoms with E-state index in [-0.39, 0.29) is 0 Å². The Balaban J connectivity index is 2.00. The van der Waals surface area contributed by atoms with Crippen molar-refractivity contribution in [1.29, 1.82) is 0 Å². The summed E-state index contributed by atoms with van der Waals surface area (Å²) < 4.78 is 5.44. The van der Waals surface area contributed by atoms with E-state index >= 15 is 0 Å². The summed E-state index contributed by atoms with van der Waals surface area (Å²) in [5, 5.41) is 5.12. The average Bonchev–Trinajstić information content (AvgIpc) is 2.44. The molecule has 1 aromatic rings. The van der Waals surface area contributed by atoms with Crippen LogP contribution >= 0.6 is 23.2 Å². The molecule has 1 aromatic carbocycles. The lowest BCUT2D eigenvalue weighted by atomic mass is 9.90. The molecule has 0 radical (unpaired) electrons. The number of hydrogen-bond acceptors (Lipinski definition) is 2. The summed E-state index contributed by atoms with van der Waals surface area (Å²) in [6.07, 6.45) is 4.39. The van der Waals surface area contributed by atoms with Crippen LogP contribution in [0.3, 0.4) is 0 Å². The molecule has 1 aliphatic rings. The molecule has 1 saturated heterocycles. The average molecular weight is 316 g/mol. The molecule has 1 N–H and O–H groups in total. The van der Waals surface area contributed by atoms with E-state index in [0.29, 0.717) is 6.04 Å². The van der Waals surface area contributed by atoms with E-state index in [0.717, 1.165) is 60.5 Å². The van der Waals surface area contributed by atoms with E-state index in [1.807, 2.05) is 18.2 Å². The molecule has 1 aliphatic heterocycles. The molecule has 0 bridgehead atoms. The minimum atomic E-state index is 0.431. The smallest absolute Gasteiger partial charge is 0.0468 e. The van der Waals surface area contributed by atoms with Gasteiger partial charge in [-0.25, -0.2) is 0 Å². The van der Waals surface area contributed by atoms with Crippen molar-refractivity contribution in [3.05, 3.63) is 33.8 Å². The van der Waals surface area contributed by atoms with E-state index in [2.05, 4.69) is 12.2 Å². The van der Waals surface area contributed by atoms with Gasteiger partial charge in [0.15, 0.2) is 0 Å². The second-order valence-corrected chi connectivity index (χ2v) is 6.26. The molecular weight excluding hydrogens is 293 g/mol. The van der Waals surface area contributed by atoms with E-state index in [9.17, 15) is 0 Å². The Morgan fingerprint density at radius 1 is 1.25 bits per heavy atom. The summed E-state index contributed by atoms with van der Waals surface area (Å²) in [6, 6.07) is 6.16. The van der Waals surface area contributed by atoms with Gasteiger partial charge in [0.05, 0.1) is 0 Å². The van der Waals surface area contributed by atoms with Crippen molar-refractivity contribution >= 4 is 23.2 Å². The van der Waals surface area contributed by atoms with Gasteiger partial charge >= 0.3 is 0 Å². The minimum absolute atomic E-state index is 0.431. The standard InChI is InChI=1S/C16H23Cl2NO/c1-2-19-13(10-12-6-8-20-9-7-12)11-14-15(17)4-3-5-16(14)18/h3-5,12-13,19H,2,6-11H2,1H3. The monoisotopic (exact) mass is 315 g/mol. The minimum Gasteiger partial charge on any atom is -0.381 e. The lowest BCUT2D eigenvalue weighted by Crippen LogP contribution is -2.34. The zero-order chi connectivity index (χ0) is 14.4. The lowest BCUT2D eigenvalue weighted by molar-refractivity contribution is 0.0606. The molecule has 1 atom stereocenters. The largest absolute Gasteiger partial charge is 0.381 e. The van der Waals surface area contributed by atoms with Crippen molar-refractivity contribution in [1.82, 2.24) is 5.32 Å². The molecule has 0 aliphatic carbocycles. The third-order valence-corrected chi connectivity index (χ3v) is 4.67. The number of benzene rings is 1. The lowest BCUT2D eigenvalue weighted by Gasteiger charge is -2.27. The van der Waals surface area contributed by atoms with Gasteiger partial charge < -0.3 is 10.1 Å². The maximum absolute atomic E-state index is 6.28. The van der Waals surface area contributed by atoms with Gasteiger partial charge in [-0.15, -0.1) is 0 Å². The molecule has 0 spiro atoms. The van der Waals surface area contributed by atoms with E-state index < -0.39 is 0 Å². The van der Waals surface area contributed by atoms with Crippen molar-refractivity contribution in [2.75, 3.05) is 19.8 Å². The third kappa shape index (κ3) is 4.63. The van der Waals surface area contributed by atoms with Crippen LogP contribution in [0.1, 0.15) is 31.7 Å². The van der Waals surface area contributed by atoms with Crippen LogP contribution in [0.15, 0.2) is 18.2 Å². The second kappa shape index (κ2) is 8.23. The Labute approximate surface area is 131 Å². The highest BCUT2D eigenvalue weighted by Crippen LogP contribution is 2.28. The fraction of sp³-hybridized carbons (Fsp3) is 0.625. The fourth-order valence-corrected chi connectivity index (χ4v) is 3.44. The Hall–Kier alpha value is -0.280. The van der Waals surface area contributed by atoms with Gasteiger partial charge in [-0.1, -0.05) is 36.2 Å². The zero-order valence-corrected chi connectivity index (χ0v) is 13.5. The number of hydrogen-bond donors (Lipinski definition) is 1. The van der Waals surface area contributed by atoms with E-state index in [1.54, 1.807) is 0 Å². The van der Waals surface area contributed by atoms with Crippen LogP contribution in [-0.2, 0) is 11.2 Å². The van der Waals surface area contributed by atoms with E-state index in [1.165, 1.54) is 6.42 Å². The maximum atomic E-state index is 6.28. The van der Waals surface area contributed by atoms with Crippen molar-refractivity contribution in [2.24, 2.45) is 5.92 Å². The molecule has 1 fully saturated rings. The molecule has 2 nitrogen and oxygen atoms in total. The molecule has 0 amide bonds. The number of halogens is 2. The summed E-state index contributed by atoms with van der Waals surface area (Å²) in [5.41, 5.74) is 1.06. The Morgan fingerprint density at radius 3 is 2.50 bits per heavy atom. The van der Waals surface area contributed by atoms with Gasteiger partial charge in [0, 0.05) is 29.3 Å². The summed E-state index contributed by atoms with van der Waals surface area (Å²) in [4.78, 5) is 0. The number of ether oxygens (including phenoxy) is 1.